The molecular weight excluding hydrogens is 404 g/mol. The lowest BCUT2D eigenvalue weighted by molar-refractivity contribution is 0.0730. The molecule has 30 heavy (non-hydrogen) atoms. The van der Waals surface area contributed by atoms with E-state index in [2.05, 4.69) is 19.2 Å². The molecule has 1 aromatic carbocycles. The molecule has 0 spiro atoms. The summed E-state index contributed by atoms with van der Waals surface area (Å²) in [6.45, 7) is 7.70. The Balaban J connectivity index is 1.60. The molecule has 3 atom stereocenters. The van der Waals surface area contributed by atoms with Crippen molar-refractivity contribution < 1.29 is 22.4 Å². The van der Waals surface area contributed by atoms with Gasteiger partial charge >= 0.3 is 0 Å². The highest BCUT2D eigenvalue weighted by Gasteiger charge is 2.31. The van der Waals surface area contributed by atoms with Crippen LogP contribution in [0.3, 0.4) is 0 Å². The number of morpholine rings is 1. The fourth-order valence-corrected chi connectivity index (χ4v) is 5.97. The third kappa shape index (κ3) is 3.88. The zero-order valence-corrected chi connectivity index (χ0v) is 18.6. The van der Waals surface area contributed by atoms with Crippen LogP contribution in [-0.4, -0.2) is 51.0 Å². The van der Waals surface area contributed by atoms with E-state index in [1.54, 1.807) is 25.1 Å². The van der Waals surface area contributed by atoms with E-state index in [0.717, 1.165) is 12.8 Å². The molecule has 1 N–H and O–H groups in total. The number of rotatable bonds is 4. The minimum absolute atomic E-state index is 0.131. The fraction of sp³-hybridized carbons (Fsp3) is 0.591. The van der Waals surface area contributed by atoms with E-state index in [1.807, 2.05) is 0 Å². The first-order chi connectivity index (χ1) is 14.3. The highest BCUT2D eigenvalue weighted by Crippen LogP contribution is 2.32. The van der Waals surface area contributed by atoms with Gasteiger partial charge in [-0.2, -0.15) is 4.31 Å². The van der Waals surface area contributed by atoms with Crippen LogP contribution in [0.4, 0.5) is 0 Å². The predicted octanol–water partition coefficient (Wildman–Crippen LogP) is 3.32. The molecular formula is C22H30N2O5S. The largest absolute Gasteiger partial charge is 0.451 e. The summed E-state index contributed by atoms with van der Waals surface area (Å²) in [5.41, 5.74) is 1.18. The number of carbonyl (C=O) groups excluding carboxylic acids is 1. The van der Waals surface area contributed by atoms with Crippen LogP contribution in [0.25, 0.3) is 11.0 Å². The molecule has 1 saturated carbocycles. The summed E-state index contributed by atoms with van der Waals surface area (Å²) in [5.74, 6) is 1.02. The van der Waals surface area contributed by atoms with Gasteiger partial charge in [-0.15, -0.1) is 0 Å². The summed E-state index contributed by atoms with van der Waals surface area (Å²) in [4.78, 5) is 13.2. The first-order valence-electron chi connectivity index (χ1n) is 10.7. The molecule has 164 valence electrons. The number of benzene rings is 1. The standard InChI is InChI=1S/C22H30N2O5S/c1-14-5-4-6-19(15(14)2)23-22(25)21-16(3)18-13-17(7-8-20(18)29-21)30(26,27)24-9-11-28-12-10-24/h7-8,13-15,19H,4-6,9-12H2,1-3H3,(H,23,25)/t14-,15+,19+/m0/s1. The van der Waals surface area contributed by atoms with Gasteiger partial charge in [-0.3, -0.25) is 4.79 Å². The summed E-state index contributed by atoms with van der Waals surface area (Å²) < 4.78 is 38.5. The van der Waals surface area contributed by atoms with Crippen molar-refractivity contribution >= 4 is 26.9 Å². The van der Waals surface area contributed by atoms with Gasteiger partial charge in [0.2, 0.25) is 10.0 Å². The third-order valence-electron chi connectivity index (χ3n) is 6.75. The van der Waals surface area contributed by atoms with Crippen LogP contribution in [0, 0.1) is 18.8 Å². The summed E-state index contributed by atoms with van der Waals surface area (Å²) in [7, 11) is -3.61. The second-order valence-corrected chi connectivity index (χ2v) is 10.5. The van der Waals surface area contributed by atoms with Crippen LogP contribution >= 0.6 is 0 Å². The molecule has 1 aliphatic heterocycles. The van der Waals surface area contributed by atoms with Crippen molar-refractivity contribution in [3.63, 3.8) is 0 Å². The predicted molar refractivity (Wildman–Crippen MR) is 114 cm³/mol. The van der Waals surface area contributed by atoms with E-state index in [4.69, 9.17) is 9.15 Å². The van der Waals surface area contributed by atoms with Crippen LogP contribution in [0.15, 0.2) is 27.5 Å². The van der Waals surface area contributed by atoms with E-state index in [0.29, 0.717) is 54.7 Å². The number of nitrogens with zero attached hydrogens (tertiary/aromatic N) is 1. The lowest BCUT2D eigenvalue weighted by Crippen LogP contribution is -2.43. The van der Waals surface area contributed by atoms with Crippen molar-refractivity contribution in [3.8, 4) is 0 Å². The lowest BCUT2D eigenvalue weighted by atomic mass is 9.78. The zero-order valence-electron chi connectivity index (χ0n) is 17.8. The van der Waals surface area contributed by atoms with Crippen molar-refractivity contribution in [1.82, 2.24) is 9.62 Å². The number of amides is 1. The zero-order chi connectivity index (χ0) is 21.5. The average molecular weight is 435 g/mol. The normalized spacial score (nSPS) is 26.0. The number of furan rings is 1. The quantitative estimate of drug-likeness (QED) is 0.797. The third-order valence-corrected chi connectivity index (χ3v) is 8.64. The van der Waals surface area contributed by atoms with Crippen molar-refractivity contribution in [1.29, 1.82) is 0 Å². The van der Waals surface area contributed by atoms with E-state index < -0.39 is 10.0 Å². The maximum atomic E-state index is 13.0. The van der Waals surface area contributed by atoms with Gasteiger partial charge in [-0.05, 0) is 43.4 Å². The molecule has 0 radical (unpaired) electrons. The van der Waals surface area contributed by atoms with Crippen molar-refractivity contribution in [3.05, 3.63) is 29.5 Å². The summed E-state index contributed by atoms with van der Waals surface area (Å²) in [6, 6.07) is 4.92. The molecule has 1 saturated heterocycles. The Kier molecular flexibility index (Phi) is 5.92. The summed E-state index contributed by atoms with van der Waals surface area (Å²) >= 11 is 0. The van der Waals surface area contributed by atoms with Crippen molar-refractivity contribution in [2.24, 2.45) is 11.8 Å². The monoisotopic (exact) mass is 434 g/mol. The summed E-state index contributed by atoms with van der Waals surface area (Å²) in [6.07, 6.45) is 3.27. The SMILES string of the molecule is Cc1c(C(=O)N[C@@H]2CCC[C@H](C)[C@H]2C)oc2ccc(S(=O)(=O)N3CCOCC3)cc12. The van der Waals surface area contributed by atoms with E-state index in [9.17, 15) is 13.2 Å². The smallest absolute Gasteiger partial charge is 0.287 e. The maximum absolute atomic E-state index is 13.0. The molecule has 2 fully saturated rings. The molecule has 0 bridgehead atoms. The van der Waals surface area contributed by atoms with Crippen molar-refractivity contribution in [2.75, 3.05) is 26.3 Å². The molecule has 1 aliphatic carbocycles. The molecule has 0 unspecified atom stereocenters. The maximum Gasteiger partial charge on any atom is 0.287 e. The first kappa shape index (κ1) is 21.3. The summed E-state index contributed by atoms with van der Waals surface area (Å²) in [5, 5.41) is 3.79. The Hall–Kier alpha value is -1.90. The van der Waals surface area contributed by atoms with Gasteiger partial charge in [0.05, 0.1) is 18.1 Å². The van der Waals surface area contributed by atoms with Gasteiger partial charge in [0.25, 0.3) is 5.91 Å². The molecule has 2 heterocycles. The van der Waals surface area contributed by atoms with Crippen LogP contribution in [0.2, 0.25) is 0 Å². The van der Waals surface area contributed by atoms with E-state index in [1.165, 1.54) is 10.7 Å². The highest BCUT2D eigenvalue weighted by atomic mass is 32.2. The van der Waals surface area contributed by atoms with E-state index in [-0.39, 0.29) is 22.6 Å². The van der Waals surface area contributed by atoms with E-state index >= 15 is 0 Å². The number of carbonyl (C=O) groups is 1. The van der Waals surface area contributed by atoms with Crippen LogP contribution in [0.1, 0.15) is 49.2 Å². The van der Waals surface area contributed by atoms with Gasteiger partial charge < -0.3 is 14.5 Å². The van der Waals surface area contributed by atoms with Crippen LogP contribution in [0.5, 0.6) is 0 Å². The van der Waals surface area contributed by atoms with Crippen LogP contribution < -0.4 is 5.32 Å². The number of hydrogen-bond donors (Lipinski definition) is 1. The second-order valence-electron chi connectivity index (χ2n) is 8.58. The van der Waals surface area contributed by atoms with Gasteiger partial charge in [-0.25, -0.2) is 8.42 Å². The van der Waals surface area contributed by atoms with Crippen LogP contribution in [-0.2, 0) is 14.8 Å². The molecule has 1 aromatic heterocycles. The topological polar surface area (TPSA) is 88.8 Å². The van der Waals surface area contributed by atoms with Gasteiger partial charge in [-0.1, -0.05) is 26.7 Å². The Morgan fingerprint density at radius 3 is 2.63 bits per heavy atom. The molecule has 1 amide bonds. The Morgan fingerprint density at radius 2 is 1.90 bits per heavy atom. The lowest BCUT2D eigenvalue weighted by Gasteiger charge is -2.34. The molecule has 2 aliphatic rings. The minimum Gasteiger partial charge on any atom is -0.451 e. The number of fused-ring (bicyclic) bond motifs is 1. The second kappa shape index (κ2) is 8.32. The Morgan fingerprint density at radius 1 is 1.17 bits per heavy atom. The molecule has 4 rings (SSSR count). The first-order valence-corrected chi connectivity index (χ1v) is 12.1. The average Bonchev–Trinajstić information content (AvgIpc) is 3.08. The number of nitrogens with one attached hydrogen (secondary N) is 1. The number of ether oxygens (including phenoxy) is 1. The van der Waals surface area contributed by atoms with Gasteiger partial charge in [0, 0.05) is 30.1 Å². The van der Waals surface area contributed by atoms with Gasteiger partial charge in [0.15, 0.2) is 5.76 Å². The number of hydrogen-bond acceptors (Lipinski definition) is 5. The Bertz CT molecular complexity index is 1040. The number of aryl methyl sites for hydroxylation is 1. The molecule has 7 nitrogen and oxygen atoms in total. The van der Waals surface area contributed by atoms with Crippen molar-refractivity contribution in [2.45, 2.75) is 51.0 Å². The number of sulfonamides is 1. The molecule has 2 aromatic rings. The van der Waals surface area contributed by atoms with Gasteiger partial charge in [0.1, 0.15) is 5.58 Å². The highest BCUT2D eigenvalue weighted by molar-refractivity contribution is 7.89. The fourth-order valence-electron chi connectivity index (χ4n) is 4.53. The minimum atomic E-state index is -3.61. The Labute approximate surface area is 177 Å². The molecule has 8 heteroatoms.